The van der Waals surface area contributed by atoms with Crippen molar-refractivity contribution < 1.29 is 0 Å². The first kappa shape index (κ1) is 30.0. The smallest absolute Gasteiger partial charge is 0.0210 e. The second kappa shape index (κ2) is 23.7. The van der Waals surface area contributed by atoms with Crippen LogP contribution in [0.25, 0.3) is 0 Å². The van der Waals surface area contributed by atoms with Gasteiger partial charge in [0, 0.05) is 0 Å². The Bertz CT molecular complexity index is 486. The molecule has 180 valence electrons. The van der Waals surface area contributed by atoms with Crippen molar-refractivity contribution in [1.82, 2.24) is 0 Å². The Hall–Kier alpha value is -1.00. The summed E-state index contributed by atoms with van der Waals surface area (Å²) in [6.45, 7) is 12.9. The minimum Gasteiger partial charge on any atom is -0.130 e. The Balaban J connectivity index is 3.60. The van der Waals surface area contributed by atoms with E-state index in [9.17, 15) is 0 Å². The Kier molecular flexibility index (Phi) is 22.9. The molecule has 0 spiro atoms. The Morgan fingerprint density at radius 2 is 1.32 bits per heavy atom. The van der Waals surface area contributed by atoms with Crippen LogP contribution in [-0.4, -0.2) is 0 Å². The molecule has 1 atom stereocenters. The summed E-state index contributed by atoms with van der Waals surface area (Å²) in [5.41, 5.74) is 5.96. The van der Waals surface area contributed by atoms with E-state index in [0.717, 1.165) is 18.8 Å². The summed E-state index contributed by atoms with van der Waals surface area (Å²) in [5.74, 6) is 0.797. The Morgan fingerprint density at radius 3 is 1.87 bits per heavy atom. The van der Waals surface area contributed by atoms with Crippen LogP contribution < -0.4 is 0 Å². The van der Waals surface area contributed by atoms with Gasteiger partial charge in [-0.05, 0) is 69.8 Å². The number of unbranched alkanes of at least 4 members (excludes halogenated alkanes) is 12. The van der Waals surface area contributed by atoms with Gasteiger partial charge in [-0.3, -0.25) is 0 Å². The lowest BCUT2D eigenvalue weighted by atomic mass is 9.92. The lowest BCUT2D eigenvalue weighted by Crippen LogP contribution is -1.98. The van der Waals surface area contributed by atoms with Crippen molar-refractivity contribution in [1.29, 1.82) is 0 Å². The van der Waals surface area contributed by atoms with Gasteiger partial charge in [0.15, 0.2) is 0 Å². The molecule has 0 heteroatoms. The number of rotatable bonds is 22. The van der Waals surface area contributed by atoms with Gasteiger partial charge >= 0.3 is 0 Å². The van der Waals surface area contributed by atoms with Gasteiger partial charge in [-0.2, -0.15) is 0 Å². The number of hydrogen-bond donors (Lipinski definition) is 0. The van der Waals surface area contributed by atoms with Gasteiger partial charge in [0.2, 0.25) is 0 Å². The average molecular weight is 429 g/mol. The molecule has 0 fully saturated rings. The molecule has 0 aromatic heterocycles. The highest BCUT2D eigenvalue weighted by molar-refractivity contribution is 5.07. The fourth-order valence-corrected chi connectivity index (χ4v) is 4.31. The van der Waals surface area contributed by atoms with Crippen LogP contribution >= 0.6 is 0 Å². The van der Waals surface area contributed by atoms with E-state index in [1.165, 1.54) is 115 Å². The molecule has 0 N–H and O–H groups in total. The third-order valence-electron chi connectivity index (χ3n) is 6.44. The normalized spacial score (nSPS) is 13.0. The first-order valence-electron chi connectivity index (χ1n) is 13.8. The molecule has 1 unspecified atom stereocenters. The van der Waals surface area contributed by atoms with E-state index in [0.29, 0.717) is 0 Å². The van der Waals surface area contributed by atoms with Crippen LogP contribution in [0.1, 0.15) is 150 Å². The SMILES string of the molecule is C=C=C(C)CC/C(=C\CC)CC(C)CCC/C=C/CCCCCCCCCCCCC. The maximum Gasteiger partial charge on any atom is -0.0210 e. The zero-order valence-electron chi connectivity index (χ0n) is 22.0. The molecule has 0 rings (SSSR count). The topological polar surface area (TPSA) is 0 Å². The molecule has 0 saturated heterocycles. The quantitative estimate of drug-likeness (QED) is 0.0913. The van der Waals surface area contributed by atoms with Crippen LogP contribution in [-0.2, 0) is 0 Å². The van der Waals surface area contributed by atoms with Crippen molar-refractivity contribution in [2.75, 3.05) is 0 Å². The van der Waals surface area contributed by atoms with Gasteiger partial charge in [-0.1, -0.05) is 122 Å². The highest BCUT2D eigenvalue weighted by atomic mass is 14.1. The molecule has 0 aliphatic carbocycles. The molecule has 0 bridgehead atoms. The van der Waals surface area contributed by atoms with Gasteiger partial charge < -0.3 is 0 Å². The van der Waals surface area contributed by atoms with E-state index in [1.807, 2.05) is 0 Å². The zero-order valence-corrected chi connectivity index (χ0v) is 22.0. The molecule has 0 saturated carbocycles. The van der Waals surface area contributed by atoms with Crippen molar-refractivity contribution in [2.45, 2.75) is 150 Å². The molecule has 0 nitrogen and oxygen atoms in total. The van der Waals surface area contributed by atoms with Crippen molar-refractivity contribution >= 4 is 0 Å². The maximum absolute atomic E-state index is 3.76. The van der Waals surface area contributed by atoms with Crippen LogP contribution in [0.2, 0.25) is 0 Å². The molecule has 0 aliphatic rings. The lowest BCUT2D eigenvalue weighted by molar-refractivity contribution is 0.500. The maximum atomic E-state index is 3.76. The monoisotopic (exact) mass is 428 g/mol. The zero-order chi connectivity index (χ0) is 23.0. The van der Waals surface area contributed by atoms with E-state index in [2.05, 4.69) is 58.2 Å². The molecule has 0 aromatic carbocycles. The van der Waals surface area contributed by atoms with Crippen LogP contribution in [0, 0.1) is 5.92 Å². The predicted molar refractivity (Wildman–Crippen MR) is 144 cm³/mol. The van der Waals surface area contributed by atoms with E-state index in [-0.39, 0.29) is 0 Å². The molecular formula is C31H56. The summed E-state index contributed by atoms with van der Waals surface area (Å²) in [5, 5.41) is 0. The first-order valence-corrected chi connectivity index (χ1v) is 13.8. The summed E-state index contributed by atoms with van der Waals surface area (Å²) < 4.78 is 0. The first-order chi connectivity index (χ1) is 15.1. The molecule has 0 heterocycles. The third-order valence-corrected chi connectivity index (χ3v) is 6.44. The molecule has 0 radical (unpaired) electrons. The number of allylic oxidation sites excluding steroid dienone is 5. The largest absolute Gasteiger partial charge is 0.130 e. The van der Waals surface area contributed by atoms with Crippen molar-refractivity contribution in [2.24, 2.45) is 5.92 Å². The third kappa shape index (κ3) is 22.0. The summed E-state index contributed by atoms with van der Waals surface area (Å²) in [4.78, 5) is 0. The predicted octanol–water partition coefficient (Wildman–Crippen LogP) is 11.3. The van der Waals surface area contributed by atoms with Crippen LogP contribution in [0.5, 0.6) is 0 Å². The summed E-state index contributed by atoms with van der Waals surface area (Å²) in [7, 11) is 0. The standard InChI is InChI=1S/C31H56/c1-6-9-10-11-12-13-14-15-16-17-18-19-20-21-22-23-25-30(5)28-31(24-7-2)27-26-29(4)8-3/h20-21,24,30H,3,6-7,9-19,22-23,25-28H2,1-2,4-5H3/b21-20+,31-24+. The van der Waals surface area contributed by atoms with Crippen molar-refractivity contribution in [3.63, 3.8) is 0 Å². The molecule has 0 aromatic rings. The lowest BCUT2D eigenvalue weighted by Gasteiger charge is -2.14. The second-order valence-corrected chi connectivity index (χ2v) is 9.76. The van der Waals surface area contributed by atoms with E-state index in [1.54, 1.807) is 5.57 Å². The second-order valence-electron chi connectivity index (χ2n) is 9.76. The molecule has 31 heavy (non-hydrogen) atoms. The van der Waals surface area contributed by atoms with Gasteiger partial charge in [-0.25, -0.2) is 0 Å². The van der Waals surface area contributed by atoms with E-state index in [4.69, 9.17) is 0 Å². The van der Waals surface area contributed by atoms with Gasteiger partial charge in [0.05, 0.1) is 0 Å². The van der Waals surface area contributed by atoms with E-state index < -0.39 is 0 Å². The van der Waals surface area contributed by atoms with Gasteiger partial charge in [-0.15, -0.1) is 5.73 Å². The van der Waals surface area contributed by atoms with Crippen molar-refractivity contribution in [3.05, 3.63) is 41.7 Å². The van der Waals surface area contributed by atoms with Crippen LogP contribution in [0.15, 0.2) is 41.7 Å². The number of hydrogen-bond acceptors (Lipinski definition) is 0. The highest BCUT2D eigenvalue weighted by Crippen LogP contribution is 2.23. The fourth-order valence-electron chi connectivity index (χ4n) is 4.31. The molecular weight excluding hydrogens is 372 g/mol. The summed E-state index contributed by atoms with van der Waals surface area (Å²) in [6, 6.07) is 0. The van der Waals surface area contributed by atoms with Crippen LogP contribution in [0.4, 0.5) is 0 Å². The van der Waals surface area contributed by atoms with E-state index >= 15 is 0 Å². The summed E-state index contributed by atoms with van der Waals surface area (Å²) >= 11 is 0. The van der Waals surface area contributed by atoms with Gasteiger partial charge in [0.25, 0.3) is 0 Å². The Labute approximate surface area is 197 Å². The summed E-state index contributed by atoms with van der Waals surface area (Å²) in [6.07, 6.45) is 33.0. The van der Waals surface area contributed by atoms with Crippen LogP contribution in [0.3, 0.4) is 0 Å². The van der Waals surface area contributed by atoms with Crippen molar-refractivity contribution in [3.8, 4) is 0 Å². The Morgan fingerprint density at radius 1 is 0.774 bits per heavy atom. The highest BCUT2D eigenvalue weighted by Gasteiger charge is 2.06. The average Bonchev–Trinajstić information content (AvgIpc) is 2.77. The minimum absolute atomic E-state index is 0.797. The minimum atomic E-state index is 0.797. The molecule has 0 aliphatic heterocycles. The fraction of sp³-hybridized carbons (Fsp3) is 0.774. The molecule has 0 amide bonds. The van der Waals surface area contributed by atoms with Gasteiger partial charge in [0.1, 0.15) is 0 Å².